The predicted molar refractivity (Wildman–Crippen MR) is 93.1 cm³/mol. The van der Waals surface area contributed by atoms with Crippen LogP contribution in [0.1, 0.15) is 0 Å². The molecular weight excluding hydrogens is 326 g/mol. The Morgan fingerprint density at radius 2 is 2.12 bits per heavy atom. The number of furan rings is 1. The van der Waals surface area contributed by atoms with Crippen molar-refractivity contribution in [3.05, 3.63) is 65.4 Å². The Balaban J connectivity index is 1.74. The van der Waals surface area contributed by atoms with E-state index in [1.807, 2.05) is 30.5 Å². The monoisotopic (exact) mass is 341 g/mol. The topological polar surface area (TPSA) is 77.1 Å². The van der Waals surface area contributed by atoms with E-state index in [1.165, 1.54) is 23.2 Å². The van der Waals surface area contributed by atoms with Gasteiger partial charge in [-0.25, -0.2) is 4.98 Å². The largest absolute Gasteiger partial charge is 0.463 e. The van der Waals surface area contributed by atoms with E-state index >= 15 is 0 Å². The standard InChI is InChI=1S/C17H15N3O3S/c1-24-15-7-3-2-5-12(15)19-16(21)10-20-11-18-13(9-17(20)22)14-6-4-8-23-14/h2-9,11H,10H2,1H3,(H,19,21). The molecule has 0 unspecified atom stereocenters. The average molecular weight is 341 g/mol. The van der Waals surface area contributed by atoms with Crippen molar-refractivity contribution in [1.29, 1.82) is 0 Å². The highest BCUT2D eigenvalue weighted by molar-refractivity contribution is 7.98. The zero-order valence-electron chi connectivity index (χ0n) is 12.9. The number of hydrogen-bond donors (Lipinski definition) is 1. The molecule has 24 heavy (non-hydrogen) atoms. The molecular formula is C17H15N3O3S. The van der Waals surface area contributed by atoms with Crippen molar-refractivity contribution < 1.29 is 9.21 Å². The van der Waals surface area contributed by atoms with Gasteiger partial charge in [0.25, 0.3) is 5.56 Å². The summed E-state index contributed by atoms with van der Waals surface area (Å²) in [6.07, 6.45) is 4.80. The third kappa shape index (κ3) is 3.57. The van der Waals surface area contributed by atoms with Crippen LogP contribution in [0.4, 0.5) is 5.69 Å². The van der Waals surface area contributed by atoms with Gasteiger partial charge < -0.3 is 9.73 Å². The van der Waals surface area contributed by atoms with Crippen LogP contribution in [0.3, 0.4) is 0 Å². The first-order chi connectivity index (χ1) is 11.7. The molecule has 0 bridgehead atoms. The molecule has 0 aliphatic heterocycles. The van der Waals surface area contributed by atoms with Crippen LogP contribution >= 0.6 is 11.8 Å². The summed E-state index contributed by atoms with van der Waals surface area (Å²) < 4.78 is 6.46. The Morgan fingerprint density at radius 1 is 1.29 bits per heavy atom. The lowest BCUT2D eigenvalue weighted by molar-refractivity contribution is -0.116. The van der Waals surface area contributed by atoms with Gasteiger partial charge >= 0.3 is 0 Å². The first kappa shape index (κ1) is 16.1. The van der Waals surface area contributed by atoms with E-state index in [0.29, 0.717) is 11.5 Å². The number of nitrogens with one attached hydrogen (secondary N) is 1. The quantitative estimate of drug-likeness (QED) is 0.722. The molecule has 0 aliphatic carbocycles. The van der Waals surface area contributed by atoms with Crippen molar-refractivity contribution in [1.82, 2.24) is 9.55 Å². The van der Waals surface area contributed by atoms with Crippen LogP contribution in [0, 0.1) is 0 Å². The third-order valence-electron chi connectivity index (χ3n) is 3.35. The van der Waals surface area contributed by atoms with E-state index in [2.05, 4.69) is 10.3 Å². The second kappa shape index (κ2) is 7.18. The maximum absolute atomic E-state index is 12.2. The molecule has 122 valence electrons. The highest BCUT2D eigenvalue weighted by atomic mass is 32.2. The number of carbonyl (C=O) groups is 1. The summed E-state index contributed by atoms with van der Waals surface area (Å²) in [5, 5.41) is 2.81. The molecule has 3 rings (SSSR count). The summed E-state index contributed by atoms with van der Waals surface area (Å²) in [7, 11) is 0. The maximum atomic E-state index is 12.2. The van der Waals surface area contributed by atoms with Gasteiger partial charge in [0.15, 0.2) is 5.76 Å². The normalized spacial score (nSPS) is 10.5. The predicted octanol–water partition coefficient (Wildman–Crippen LogP) is 2.86. The lowest BCUT2D eigenvalue weighted by atomic mass is 10.3. The Labute approximate surface area is 142 Å². The smallest absolute Gasteiger partial charge is 0.254 e. The van der Waals surface area contributed by atoms with Crippen LogP contribution in [0.5, 0.6) is 0 Å². The molecule has 0 saturated carbocycles. The number of hydrogen-bond acceptors (Lipinski definition) is 5. The van der Waals surface area contributed by atoms with Gasteiger partial charge in [0.2, 0.25) is 5.91 Å². The number of carbonyl (C=O) groups excluding carboxylic acids is 1. The Kier molecular flexibility index (Phi) is 4.81. The van der Waals surface area contributed by atoms with Crippen LogP contribution in [0.15, 0.2) is 69.2 Å². The summed E-state index contributed by atoms with van der Waals surface area (Å²) in [6, 6.07) is 12.3. The Hall–Kier alpha value is -2.80. The summed E-state index contributed by atoms with van der Waals surface area (Å²) in [5.74, 6) is 0.226. The molecule has 7 heteroatoms. The summed E-state index contributed by atoms with van der Waals surface area (Å²) in [4.78, 5) is 29.5. The minimum Gasteiger partial charge on any atom is -0.463 e. The Bertz CT molecular complexity index is 903. The zero-order valence-corrected chi connectivity index (χ0v) is 13.7. The number of para-hydroxylation sites is 1. The number of aromatic nitrogens is 2. The maximum Gasteiger partial charge on any atom is 0.254 e. The highest BCUT2D eigenvalue weighted by Gasteiger charge is 2.10. The first-order valence-electron chi connectivity index (χ1n) is 7.20. The molecule has 0 spiro atoms. The summed E-state index contributed by atoms with van der Waals surface area (Å²) in [6.45, 7) is -0.104. The van der Waals surface area contributed by atoms with Crippen molar-refractivity contribution in [3.8, 4) is 11.5 Å². The van der Waals surface area contributed by atoms with Gasteiger partial charge in [0.05, 0.1) is 18.3 Å². The number of anilines is 1. The van der Waals surface area contributed by atoms with Crippen molar-refractivity contribution >= 4 is 23.4 Å². The van der Waals surface area contributed by atoms with Crippen LogP contribution in [0.2, 0.25) is 0 Å². The van der Waals surface area contributed by atoms with Crippen LogP contribution in [0.25, 0.3) is 11.5 Å². The zero-order chi connectivity index (χ0) is 16.9. The molecule has 2 heterocycles. The number of nitrogens with zero attached hydrogens (tertiary/aromatic N) is 2. The number of amides is 1. The minimum atomic E-state index is -0.315. The van der Waals surface area contributed by atoms with Crippen molar-refractivity contribution in [2.75, 3.05) is 11.6 Å². The average Bonchev–Trinajstić information content (AvgIpc) is 3.12. The fraction of sp³-hybridized carbons (Fsp3) is 0.118. The van der Waals surface area contributed by atoms with Gasteiger partial charge in [-0.3, -0.25) is 14.2 Å². The summed E-state index contributed by atoms with van der Waals surface area (Å²) in [5.41, 5.74) is 0.849. The number of rotatable bonds is 5. The van der Waals surface area contributed by atoms with Gasteiger partial charge in [-0.2, -0.15) is 0 Å². The molecule has 1 N–H and O–H groups in total. The molecule has 2 aromatic heterocycles. The lowest BCUT2D eigenvalue weighted by Crippen LogP contribution is -2.27. The SMILES string of the molecule is CSc1ccccc1NC(=O)Cn1cnc(-c2ccco2)cc1=O. The van der Waals surface area contributed by atoms with E-state index in [0.717, 1.165) is 10.6 Å². The van der Waals surface area contributed by atoms with E-state index in [4.69, 9.17) is 4.42 Å². The Morgan fingerprint density at radius 3 is 2.83 bits per heavy atom. The fourth-order valence-electron chi connectivity index (χ4n) is 2.20. The molecule has 0 saturated heterocycles. The van der Waals surface area contributed by atoms with Gasteiger partial charge in [-0.1, -0.05) is 12.1 Å². The fourth-order valence-corrected chi connectivity index (χ4v) is 2.75. The first-order valence-corrected chi connectivity index (χ1v) is 8.43. The number of thioether (sulfide) groups is 1. The lowest BCUT2D eigenvalue weighted by Gasteiger charge is -2.10. The van der Waals surface area contributed by atoms with Gasteiger partial charge in [-0.15, -0.1) is 11.8 Å². The van der Waals surface area contributed by atoms with Gasteiger partial charge in [0, 0.05) is 11.0 Å². The van der Waals surface area contributed by atoms with E-state index in [9.17, 15) is 9.59 Å². The molecule has 0 atom stereocenters. The molecule has 1 amide bonds. The minimum absolute atomic E-state index is 0.104. The van der Waals surface area contributed by atoms with Gasteiger partial charge in [0.1, 0.15) is 12.2 Å². The molecule has 0 aliphatic rings. The second-order valence-electron chi connectivity index (χ2n) is 4.97. The molecule has 0 radical (unpaired) electrons. The molecule has 1 aromatic carbocycles. The molecule has 6 nitrogen and oxygen atoms in total. The van der Waals surface area contributed by atoms with E-state index in [-0.39, 0.29) is 18.0 Å². The van der Waals surface area contributed by atoms with Gasteiger partial charge in [-0.05, 0) is 30.5 Å². The summed E-state index contributed by atoms with van der Waals surface area (Å²) >= 11 is 1.54. The third-order valence-corrected chi connectivity index (χ3v) is 4.14. The van der Waals surface area contributed by atoms with Crippen molar-refractivity contribution in [2.24, 2.45) is 0 Å². The van der Waals surface area contributed by atoms with E-state index < -0.39 is 0 Å². The van der Waals surface area contributed by atoms with Crippen LogP contribution < -0.4 is 10.9 Å². The number of benzene rings is 1. The molecule has 3 aromatic rings. The van der Waals surface area contributed by atoms with Crippen LogP contribution in [-0.4, -0.2) is 21.7 Å². The second-order valence-corrected chi connectivity index (χ2v) is 5.81. The molecule has 0 fully saturated rings. The highest BCUT2D eigenvalue weighted by Crippen LogP contribution is 2.24. The van der Waals surface area contributed by atoms with E-state index in [1.54, 1.807) is 23.9 Å². The van der Waals surface area contributed by atoms with Crippen molar-refractivity contribution in [3.63, 3.8) is 0 Å². The van der Waals surface area contributed by atoms with Crippen molar-refractivity contribution in [2.45, 2.75) is 11.4 Å². The van der Waals surface area contributed by atoms with Crippen LogP contribution in [-0.2, 0) is 11.3 Å².